The monoisotopic (exact) mass is 444 g/mol. The molecule has 0 saturated carbocycles. The predicted molar refractivity (Wildman–Crippen MR) is 120 cm³/mol. The summed E-state index contributed by atoms with van der Waals surface area (Å²) in [5.74, 6) is 0.994. The topological polar surface area (TPSA) is 106 Å². The van der Waals surface area contributed by atoms with Crippen molar-refractivity contribution in [2.75, 3.05) is 12.4 Å². The Hall–Kier alpha value is -2.65. The lowest BCUT2D eigenvalue weighted by molar-refractivity contribution is -0.0276. The van der Waals surface area contributed by atoms with E-state index in [1.54, 1.807) is 18.3 Å². The highest BCUT2D eigenvalue weighted by atomic mass is 32.2. The molecule has 2 N–H and O–H groups in total. The van der Waals surface area contributed by atoms with Crippen LogP contribution in [-0.2, 0) is 14.6 Å². The molecule has 1 aliphatic heterocycles. The molecule has 1 aromatic carbocycles. The summed E-state index contributed by atoms with van der Waals surface area (Å²) in [6.07, 6.45) is 2.37. The van der Waals surface area contributed by atoms with Gasteiger partial charge in [0.2, 0.25) is 0 Å². The zero-order valence-corrected chi connectivity index (χ0v) is 19.2. The van der Waals surface area contributed by atoms with Gasteiger partial charge in [-0.25, -0.2) is 8.42 Å². The van der Waals surface area contributed by atoms with E-state index in [4.69, 9.17) is 9.47 Å². The van der Waals surface area contributed by atoms with Gasteiger partial charge in [-0.15, -0.1) is 0 Å². The molecule has 0 bridgehead atoms. The van der Waals surface area contributed by atoms with Crippen LogP contribution in [0.3, 0.4) is 0 Å². The molecule has 166 valence electrons. The van der Waals surface area contributed by atoms with E-state index in [0.717, 1.165) is 16.9 Å². The molecule has 1 aliphatic rings. The summed E-state index contributed by atoms with van der Waals surface area (Å²) in [7, 11) is -2.16. The number of sulfone groups is 1. The van der Waals surface area contributed by atoms with Crippen LogP contribution < -0.4 is 10.1 Å². The van der Waals surface area contributed by atoms with Crippen molar-refractivity contribution in [3.63, 3.8) is 0 Å². The molecule has 9 heteroatoms. The molecule has 1 fully saturated rings. The van der Waals surface area contributed by atoms with Gasteiger partial charge < -0.3 is 14.8 Å². The van der Waals surface area contributed by atoms with E-state index in [0.29, 0.717) is 35.3 Å². The summed E-state index contributed by atoms with van der Waals surface area (Å²) in [5, 5.41) is 10.7. The summed E-state index contributed by atoms with van der Waals surface area (Å²) in [4.78, 5) is 4.60. The Balaban J connectivity index is 1.82. The fourth-order valence-corrected chi connectivity index (χ4v) is 6.27. The first-order valence-electron chi connectivity index (χ1n) is 10.4. The number of aromatic nitrogens is 3. The lowest BCUT2D eigenvalue weighted by Gasteiger charge is -2.32. The molecule has 4 rings (SSSR count). The van der Waals surface area contributed by atoms with Crippen molar-refractivity contribution >= 4 is 32.2 Å². The van der Waals surface area contributed by atoms with Crippen LogP contribution in [0, 0.1) is 13.8 Å². The van der Waals surface area contributed by atoms with E-state index in [1.807, 2.05) is 33.8 Å². The number of hydrogen-bond acceptors (Lipinski definition) is 7. The third kappa shape index (κ3) is 3.99. The number of nitrogens with one attached hydrogen (secondary N) is 2. The van der Waals surface area contributed by atoms with Gasteiger partial charge in [-0.05, 0) is 52.7 Å². The minimum Gasteiger partial charge on any atom is -0.495 e. The number of nitrogens with zero attached hydrogens (tertiary/aromatic N) is 2. The van der Waals surface area contributed by atoms with Crippen molar-refractivity contribution in [1.29, 1.82) is 0 Å². The quantitative estimate of drug-likeness (QED) is 0.611. The molecular formula is C22H28N4O4S. The average Bonchev–Trinajstić information content (AvgIpc) is 3.04. The summed E-state index contributed by atoms with van der Waals surface area (Å²) in [6, 6.07) is 5.16. The molecule has 3 aromatic rings. The van der Waals surface area contributed by atoms with E-state index in [2.05, 4.69) is 20.5 Å². The Morgan fingerprint density at radius 3 is 2.52 bits per heavy atom. The van der Waals surface area contributed by atoms with Crippen LogP contribution in [0.1, 0.15) is 37.9 Å². The summed E-state index contributed by atoms with van der Waals surface area (Å²) in [6.45, 7) is 7.74. The predicted octanol–water partition coefficient (Wildman–Crippen LogP) is 4.06. The van der Waals surface area contributed by atoms with Crippen LogP contribution in [0.4, 0.5) is 11.5 Å². The van der Waals surface area contributed by atoms with E-state index >= 15 is 0 Å². The minimum atomic E-state index is -3.64. The number of aryl methyl sites for hydroxylation is 1. The molecule has 1 saturated heterocycles. The highest BCUT2D eigenvalue weighted by molar-refractivity contribution is 7.92. The van der Waals surface area contributed by atoms with Gasteiger partial charge in [0.25, 0.3) is 0 Å². The van der Waals surface area contributed by atoms with Crippen LogP contribution in [-0.4, -0.2) is 48.2 Å². The maximum absolute atomic E-state index is 13.6. The SMILES string of the molecule is COc1cc2nccc(Nc3n[nH]c(C)c3C)c2cc1S(=O)(=O)C1CC(C)OC(C)C1. The highest BCUT2D eigenvalue weighted by Crippen LogP contribution is 2.38. The van der Waals surface area contributed by atoms with Crippen molar-refractivity contribution in [2.45, 2.75) is 62.9 Å². The molecule has 2 aromatic heterocycles. The maximum Gasteiger partial charge on any atom is 0.185 e. The van der Waals surface area contributed by atoms with Gasteiger partial charge in [0.15, 0.2) is 15.7 Å². The molecule has 0 aliphatic carbocycles. The number of rotatable bonds is 5. The standard InChI is InChI=1S/C22H28N4O4S/c1-12-8-16(9-13(2)30-12)31(27,28)21-10-17-18(24-22-14(3)15(4)25-26-22)6-7-23-19(17)11-20(21)29-5/h6-7,10-13,16H,8-9H2,1-5H3,(H2,23,24,25,26). The normalized spacial score (nSPS) is 21.9. The second-order valence-electron chi connectivity index (χ2n) is 8.22. The Labute approximate surface area is 182 Å². The fraction of sp³-hybridized carbons (Fsp3) is 0.455. The van der Waals surface area contributed by atoms with E-state index < -0.39 is 15.1 Å². The van der Waals surface area contributed by atoms with Crippen molar-refractivity contribution < 1.29 is 17.9 Å². The Kier molecular flexibility index (Phi) is 5.65. The van der Waals surface area contributed by atoms with Gasteiger partial charge in [0.05, 0.1) is 35.8 Å². The summed E-state index contributed by atoms with van der Waals surface area (Å²) >= 11 is 0. The number of aromatic amines is 1. The Bertz CT molecular complexity index is 1210. The molecular weight excluding hydrogens is 416 g/mol. The largest absolute Gasteiger partial charge is 0.495 e. The lowest BCUT2D eigenvalue weighted by atomic mass is 10.1. The zero-order valence-electron chi connectivity index (χ0n) is 18.4. The van der Waals surface area contributed by atoms with Crippen LogP contribution in [0.25, 0.3) is 10.9 Å². The zero-order chi connectivity index (χ0) is 22.3. The van der Waals surface area contributed by atoms with E-state index in [-0.39, 0.29) is 17.1 Å². The molecule has 31 heavy (non-hydrogen) atoms. The molecule has 2 atom stereocenters. The third-order valence-corrected chi connectivity index (χ3v) is 8.13. The van der Waals surface area contributed by atoms with Crippen molar-refractivity contribution in [2.24, 2.45) is 0 Å². The van der Waals surface area contributed by atoms with Crippen LogP contribution >= 0.6 is 0 Å². The highest BCUT2D eigenvalue weighted by Gasteiger charge is 2.37. The molecule has 0 radical (unpaired) electrons. The van der Waals surface area contributed by atoms with Crippen molar-refractivity contribution in [3.05, 3.63) is 35.7 Å². The smallest absolute Gasteiger partial charge is 0.185 e. The van der Waals surface area contributed by atoms with E-state index in [9.17, 15) is 8.42 Å². The lowest BCUT2D eigenvalue weighted by Crippen LogP contribution is -2.37. The van der Waals surface area contributed by atoms with Gasteiger partial charge >= 0.3 is 0 Å². The number of hydrogen-bond donors (Lipinski definition) is 2. The Morgan fingerprint density at radius 1 is 1.19 bits per heavy atom. The first-order chi connectivity index (χ1) is 14.7. The van der Waals surface area contributed by atoms with Crippen molar-refractivity contribution in [3.8, 4) is 5.75 Å². The van der Waals surface area contributed by atoms with Crippen LogP contribution in [0.5, 0.6) is 5.75 Å². The first kappa shape index (κ1) is 21.6. The number of pyridine rings is 1. The van der Waals surface area contributed by atoms with Gasteiger partial charge in [-0.2, -0.15) is 5.10 Å². The van der Waals surface area contributed by atoms with Crippen molar-refractivity contribution in [1.82, 2.24) is 15.2 Å². The van der Waals surface area contributed by atoms with Crippen LogP contribution in [0.2, 0.25) is 0 Å². The number of ether oxygens (including phenoxy) is 2. The molecule has 0 spiro atoms. The van der Waals surface area contributed by atoms with Gasteiger partial charge in [0.1, 0.15) is 10.6 Å². The molecule has 2 unspecified atom stereocenters. The van der Waals surface area contributed by atoms with E-state index in [1.165, 1.54) is 7.11 Å². The fourth-order valence-electron chi connectivity index (χ4n) is 4.16. The maximum atomic E-state index is 13.6. The summed E-state index contributed by atoms with van der Waals surface area (Å²) < 4.78 is 38.5. The molecule has 8 nitrogen and oxygen atoms in total. The first-order valence-corrected chi connectivity index (χ1v) is 11.9. The van der Waals surface area contributed by atoms with Gasteiger partial charge in [0, 0.05) is 28.9 Å². The number of fused-ring (bicyclic) bond motifs is 1. The number of benzene rings is 1. The molecule has 0 amide bonds. The van der Waals surface area contributed by atoms with Gasteiger partial charge in [-0.3, -0.25) is 10.1 Å². The Morgan fingerprint density at radius 2 is 1.90 bits per heavy atom. The third-order valence-electron chi connectivity index (χ3n) is 5.93. The minimum absolute atomic E-state index is 0.111. The summed E-state index contributed by atoms with van der Waals surface area (Å²) in [5.41, 5.74) is 3.33. The second-order valence-corrected chi connectivity index (χ2v) is 10.4. The number of methoxy groups -OCH3 is 1. The van der Waals surface area contributed by atoms with Gasteiger partial charge in [-0.1, -0.05) is 0 Å². The number of anilines is 2. The second kappa shape index (κ2) is 8.12. The van der Waals surface area contributed by atoms with Crippen LogP contribution in [0.15, 0.2) is 29.3 Å². The average molecular weight is 445 g/mol. The number of H-pyrrole nitrogens is 1. The molecule has 3 heterocycles.